The second-order valence-electron chi connectivity index (χ2n) is 4.60. The third kappa shape index (κ3) is 4.15. The van der Waals surface area contributed by atoms with E-state index in [0.29, 0.717) is 6.04 Å². The van der Waals surface area contributed by atoms with Gasteiger partial charge in [-0.1, -0.05) is 40.0 Å². The minimum atomic E-state index is 0.356. The van der Waals surface area contributed by atoms with E-state index in [9.17, 15) is 0 Å². The summed E-state index contributed by atoms with van der Waals surface area (Å²) in [6.07, 6.45) is 6.38. The van der Waals surface area contributed by atoms with Gasteiger partial charge < -0.3 is 5.32 Å². The van der Waals surface area contributed by atoms with Crippen molar-refractivity contribution >= 4 is 21.6 Å². The van der Waals surface area contributed by atoms with Crippen molar-refractivity contribution in [2.75, 3.05) is 5.32 Å². The molecule has 0 heterocycles. The Morgan fingerprint density at radius 3 is 2.63 bits per heavy atom. The molecule has 1 N–H and O–H groups in total. The largest absolute Gasteiger partial charge is 0.382 e. The molecule has 0 aliphatic heterocycles. The van der Waals surface area contributed by atoms with Crippen LogP contribution in [-0.4, -0.2) is 6.04 Å². The van der Waals surface area contributed by atoms with Gasteiger partial charge in [0, 0.05) is 21.8 Å². The lowest BCUT2D eigenvalue weighted by atomic mass is 10.1. The molecule has 0 aliphatic rings. The van der Waals surface area contributed by atoms with Gasteiger partial charge >= 0.3 is 0 Å². The van der Waals surface area contributed by atoms with Crippen LogP contribution >= 0.6 is 15.9 Å². The Kier molecular flexibility index (Phi) is 4.65. The van der Waals surface area contributed by atoms with Crippen LogP contribution in [0.5, 0.6) is 0 Å². The monoisotopic (exact) mass is 313 g/mol. The summed E-state index contributed by atoms with van der Waals surface area (Å²) in [5, 5.41) is 3.47. The average Bonchev–Trinajstić information content (AvgIpc) is 2.41. The van der Waals surface area contributed by atoms with Crippen LogP contribution in [0.25, 0.3) is 0 Å². The smallest absolute Gasteiger partial charge is 0.0354 e. The number of benzene rings is 2. The van der Waals surface area contributed by atoms with E-state index in [-0.39, 0.29) is 0 Å². The van der Waals surface area contributed by atoms with E-state index < -0.39 is 0 Å². The molecule has 0 radical (unpaired) electrons. The molecular weight excluding hydrogens is 298 g/mol. The zero-order valence-electron chi connectivity index (χ0n) is 10.9. The van der Waals surface area contributed by atoms with E-state index in [1.807, 2.05) is 24.3 Å². The Morgan fingerprint density at radius 1 is 1.21 bits per heavy atom. The van der Waals surface area contributed by atoms with Gasteiger partial charge in [0.2, 0.25) is 0 Å². The SMILES string of the molecule is C#Cc1cccc(NC(C)Cc2ccc(Br)cc2)c1. The minimum absolute atomic E-state index is 0.356. The van der Waals surface area contributed by atoms with Crippen molar-refractivity contribution in [1.29, 1.82) is 0 Å². The molecule has 0 saturated heterocycles. The summed E-state index contributed by atoms with van der Waals surface area (Å²) in [6.45, 7) is 2.17. The molecule has 2 heteroatoms. The average molecular weight is 314 g/mol. The zero-order chi connectivity index (χ0) is 13.7. The summed E-state index contributed by atoms with van der Waals surface area (Å²) in [6, 6.07) is 16.7. The van der Waals surface area contributed by atoms with Gasteiger partial charge in [-0.15, -0.1) is 6.42 Å². The first-order chi connectivity index (χ1) is 9.17. The molecule has 19 heavy (non-hydrogen) atoms. The molecule has 0 aliphatic carbocycles. The van der Waals surface area contributed by atoms with Crippen LogP contribution in [0, 0.1) is 12.3 Å². The second kappa shape index (κ2) is 6.45. The van der Waals surface area contributed by atoms with Gasteiger partial charge in [0.15, 0.2) is 0 Å². The van der Waals surface area contributed by atoms with Crippen molar-refractivity contribution < 1.29 is 0 Å². The Morgan fingerprint density at radius 2 is 1.95 bits per heavy atom. The number of anilines is 1. The van der Waals surface area contributed by atoms with Crippen LogP contribution in [-0.2, 0) is 6.42 Å². The summed E-state index contributed by atoms with van der Waals surface area (Å²) in [5.41, 5.74) is 3.29. The van der Waals surface area contributed by atoms with E-state index in [1.165, 1.54) is 5.56 Å². The molecule has 1 unspecified atom stereocenters. The van der Waals surface area contributed by atoms with Crippen LogP contribution < -0.4 is 5.32 Å². The maximum absolute atomic E-state index is 5.41. The Balaban J connectivity index is 1.99. The fourth-order valence-corrected chi connectivity index (χ4v) is 2.27. The highest BCUT2D eigenvalue weighted by atomic mass is 79.9. The summed E-state index contributed by atoms with van der Waals surface area (Å²) in [5.74, 6) is 2.65. The molecule has 0 amide bonds. The molecule has 2 aromatic carbocycles. The summed E-state index contributed by atoms with van der Waals surface area (Å²) >= 11 is 3.45. The Hall–Kier alpha value is -1.72. The van der Waals surface area contributed by atoms with Crippen LogP contribution in [0.2, 0.25) is 0 Å². The molecule has 2 rings (SSSR count). The lowest BCUT2D eigenvalue weighted by Crippen LogP contribution is -2.18. The molecular formula is C17H16BrN. The van der Waals surface area contributed by atoms with E-state index in [4.69, 9.17) is 6.42 Å². The standard InChI is InChI=1S/C17H16BrN/c1-3-14-5-4-6-17(12-14)19-13(2)11-15-7-9-16(18)10-8-15/h1,4-10,12-13,19H,11H2,2H3. The molecule has 0 aromatic heterocycles. The van der Waals surface area contributed by atoms with Crippen molar-refractivity contribution in [3.05, 3.63) is 64.1 Å². The van der Waals surface area contributed by atoms with Crippen molar-refractivity contribution in [3.8, 4) is 12.3 Å². The minimum Gasteiger partial charge on any atom is -0.382 e. The van der Waals surface area contributed by atoms with Crippen molar-refractivity contribution in [1.82, 2.24) is 0 Å². The third-order valence-electron chi connectivity index (χ3n) is 2.90. The topological polar surface area (TPSA) is 12.0 Å². The van der Waals surface area contributed by atoms with Crippen LogP contribution in [0.15, 0.2) is 53.0 Å². The van der Waals surface area contributed by atoms with Gasteiger partial charge in [-0.3, -0.25) is 0 Å². The lowest BCUT2D eigenvalue weighted by molar-refractivity contribution is 0.790. The van der Waals surface area contributed by atoms with E-state index in [1.54, 1.807) is 0 Å². The quantitative estimate of drug-likeness (QED) is 0.821. The molecule has 0 spiro atoms. The van der Waals surface area contributed by atoms with Crippen LogP contribution in [0.1, 0.15) is 18.1 Å². The fourth-order valence-electron chi connectivity index (χ4n) is 2.01. The maximum atomic E-state index is 5.41. The first-order valence-electron chi connectivity index (χ1n) is 6.25. The highest BCUT2D eigenvalue weighted by Crippen LogP contribution is 2.15. The molecule has 2 aromatic rings. The van der Waals surface area contributed by atoms with E-state index in [2.05, 4.69) is 58.4 Å². The third-order valence-corrected chi connectivity index (χ3v) is 3.43. The van der Waals surface area contributed by atoms with Gasteiger partial charge in [-0.2, -0.15) is 0 Å². The van der Waals surface area contributed by atoms with Crippen molar-refractivity contribution in [2.24, 2.45) is 0 Å². The summed E-state index contributed by atoms with van der Waals surface area (Å²) in [4.78, 5) is 0. The predicted molar refractivity (Wildman–Crippen MR) is 85.3 cm³/mol. The highest BCUT2D eigenvalue weighted by molar-refractivity contribution is 9.10. The first kappa shape index (κ1) is 13.7. The van der Waals surface area contributed by atoms with Crippen molar-refractivity contribution in [3.63, 3.8) is 0 Å². The van der Waals surface area contributed by atoms with Gasteiger partial charge in [0.1, 0.15) is 0 Å². The van der Waals surface area contributed by atoms with Gasteiger partial charge in [0.05, 0.1) is 0 Å². The number of hydrogen-bond donors (Lipinski definition) is 1. The highest BCUT2D eigenvalue weighted by Gasteiger charge is 2.04. The first-order valence-corrected chi connectivity index (χ1v) is 7.04. The number of nitrogens with one attached hydrogen (secondary N) is 1. The molecule has 0 bridgehead atoms. The number of halogens is 1. The van der Waals surface area contributed by atoms with E-state index >= 15 is 0 Å². The summed E-state index contributed by atoms with van der Waals surface area (Å²) < 4.78 is 1.11. The number of rotatable bonds is 4. The number of hydrogen-bond acceptors (Lipinski definition) is 1. The Bertz CT molecular complexity index is 581. The Labute approximate surface area is 123 Å². The second-order valence-corrected chi connectivity index (χ2v) is 5.52. The number of terminal acetylenes is 1. The fraction of sp³-hybridized carbons (Fsp3) is 0.176. The molecule has 0 saturated carbocycles. The molecule has 1 atom stereocenters. The van der Waals surface area contributed by atoms with Gasteiger partial charge in [-0.25, -0.2) is 0 Å². The zero-order valence-corrected chi connectivity index (χ0v) is 12.4. The van der Waals surface area contributed by atoms with Gasteiger partial charge in [-0.05, 0) is 49.2 Å². The maximum Gasteiger partial charge on any atom is 0.0354 e. The van der Waals surface area contributed by atoms with Gasteiger partial charge in [0.25, 0.3) is 0 Å². The van der Waals surface area contributed by atoms with E-state index in [0.717, 1.165) is 22.1 Å². The molecule has 96 valence electrons. The predicted octanol–water partition coefficient (Wildman–Crippen LogP) is 4.47. The van der Waals surface area contributed by atoms with Crippen LogP contribution in [0.3, 0.4) is 0 Å². The van der Waals surface area contributed by atoms with Crippen molar-refractivity contribution in [2.45, 2.75) is 19.4 Å². The normalized spacial score (nSPS) is 11.6. The lowest BCUT2D eigenvalue weighted by Gasteiger charge is -2.15. The molecule has 0 fully saturated rings. The van der Waals surface area contributed by atoms with Crippen LogP contribution in [0.4, 0.5) is 5.69 Å². The molecule has 1 nitrogen and oxygen atoms in total. The summed E-state index contributed by atoms with van der Waals surface area (Å²) in [7, 11) is 0.